The van der Waals surface area contributed by atoms with E-state index in [9.17, 15) is 4.79 Å². The van der Waals surface area contributed by atoms with E-state index in [-0.39, 0.29) is 12.1 Å². The summed E-state index contributed by atoms with van der Waals surface area (Å²) in [6, 6.07) is 0. The minimum Gasteiger partial charge on any atom is -0.454 e. The summed E-state index contributed by atoms with van der Waals surface area (Å²) in [5.41, 5.74) is 0. The zero-order valence-electron chi connectivity index (χ0n) is 6.56. The molecule has 0 saturated heterocycles. The zero-order valence-corrected chi connectivity index (χ0v) is 7.46. The van der Waals surface area contributed by atoms with E-state index >= 15 is 0 Å². The minimum absolute atomic E-state index is 0.0660. The molecule has 0 aromatic rings. The monoisotopic (exact) mass is 182 g/mol. The third-order valence-electron chi connectivity index (χ3n) is 2.24. The van der Waals surface area contributed by atoms with Gasteiger partial charge < -0.3 is 4.74 Å². The molecule has 2 rings (SSSR count). The molecular weight excluding hydrogens is 172 g/mol. The zero-order chi connectivity index (χ0) is 8.55. The van der Waals surface area contributed by atoms with Gasteiger partial charge in [-0.2, -0.15) is 0 Å². The fraction of sp³-hybridized carbons (Fsp3) is 0.444. The van der Waals surface area contributed by atoms with Gasteiger partial charge >= 0.3 is 5.97 Å². The molecule has 3 heteroatoms. The summed E-state index contributed by atoms with van der Waals surface area (Å²) in [6.45, 7) is 0. The molecule has 0 saturated carbocycles. The van der Waals surface area contributed by atoms with Crippen molar-refractivity contribution in [2.45, 2.75) is 18.9 Å². The SMILES string of the molecule is O=C1C=CC2CCC(S)=CC2O1. The van der Waals surface area contributed by atoms with Crippen LogP contribution in [-0.2, 0) is 9.53 Å². The summed E-state index contributed by atoms with van der Waals surface area (Å²) < 4.78 is 5.11. The maximum absolute atomic E-state index is 10.9. The van der Waals surface area contributed by atoms with Crippen LogP contribution in [0.2, 0.25) is 0 Å². The van der Waals surface area contributed by atoms with Gasteiger partial charge in [0.15, 0.2) is 0 Å². The third-order valence-corrected chi connectivity index (χ3v) is 2.62. The van der Waals surface area contributed by atoms with Crippen molar-refractivity contribution in [3.8, 4) is 0 Å². The van der Waals surface area contributed by atoms with Crippen molar-refractivity contribution < 1.29 is 9.53 Å². The molecule has 0 aromatic heterocycles. The molecule has 0 amide bonds. The summed E-state index contributed by atoms with van der Waals surface area (Å²) in [4.78, 5) is 11.9. The quantitative estimate of drug-likeness (QED) is 0.456. The van der Waals surface area contributed by atoms with E-state index in [0.29, 0.717) is 5.92 Å². The van der Waals surface area contributed by atoms with Crippen LogP contribution in [0.25, 0.3) is 0 Å². The van der Waals surface area contributed by atoms with Crippen LogP contribution < -0.4 is 0 Å². The Morgan fingerprint density at radius 1 is 1.58 bits per heavy atom. The van der Waals surface area contributed by atoms with Crippen LogP contribution in [0.4, 0.5) is 0 Å². The molecule has 12 heavy (non-hydrogen) atoms. The molecule has 0 N–H and O–H groups in total. The number of thiol groups is 1. The Kier molecular flexibility index (Phi) is 1.97. The normalized spacial score (nSPS) is 33.8. The fourth-order valence-corrected chi connectivity index (χ4v) is 1.85. The van der Waals surface area contributed by atoms with Crippen molar-refractivity contribution in [1.29, 1.82) is 0 Å². The Hall–Kier alpha value is -0.700. The molecule has 64 valence electrons. The smallest absolute Gasteiger partial charge is 0.331 e. The first-order valence-corrected chi connectivity index (χ1v) is 4.49. The van der Waals surface area contributed by atoms with Crippen LogP contribution in [0.1, 0.15) is 12.8 Å². The summed E-state index contributed by atoms with van der Waals surface area (Å²) in [6.07, 6.45) is 7.34. The van der Waals surface area contributed by atoms with Gasteiger partial charge in [-0.05, 0) is 23.8 Å². The fourth-order valence-electron chi connectivity index (χ4n) is 1.58. The highest BCUT2D eigenvalue weighted by Crippen LogP contribution is 2.30. The van der Waals surface area contributed by atoms with Crippen molar-refractivity contribution in [3.63, 3.8) is 0 Å². The Morgan fingerprint density at radius 3 is 3.25 bits per heavy atom. The van der Waals surface area contributed by atoms with Gasteiger partial charge in [-0.3, -0.25) is 0 Å². The second kappa shape index (κ2) is 2.98. The number of carbonyl (C=O) groups is 1. The first kappa shape index (κ1) is 7.92. The topological polar surface area (TPSA) is 26.3 Å². The van der Waals surface area contributed by atoms with Gasteiger partial charge in [0.25, 0.3) is 0 Å². The number of allylic oxidation sites excluding steroid dienone is 1. The lowest BCUT2D eigenvalue weighted by Crippen LogP contribution is -2.29. The van der Waals surface area contributed by atoms with Gasteiger partial charge in [-0.15, -0.1) is 12.6 Å². The highest BCUT2D eigenvalue weighted by Gasteiger charge is 2.27. The molecule has 0 fully saturated rings. The summed E-state index contributed by atoms with van der Waals surface area (Å²) in [5.74, 6) is 0.133. The van der Waals surface area contributed by atoms with Crippen molar-refractivity contribution in [2.24, 2.45) is 5.92 Å². The van der Waals surface area contributed by atoms with Gasteiger partial charge in [0.2, 0.25) is 0 Å². The van der Waals surface area contributed by atoms with Crippen molar-refractivity contribution in [1.82, 2.24) is 0 Å². The van der Waals surface area contributed by atoms with Gasteiger partial charge in [-0.1, -0.05) is 6.08 Å². The average molecular weight is 182 g/mol. The number of ether oxygens (including phenoxy) is 1. The summed E-state index contributed by atoms with van der Waals surface area (Å²) >= 11 is 4.25. The highest BCUT2D eigenvalue weighted by atomic mass is 32.1. The third kappa shape index (κ3) is 1.41. The maximum Gasteiger partial charge on any atom is 0.331 e. The van der Waals surface area contributed by atoms with Gasteiger partial charge in [0, 0.05) is 12.0 Å². The lowest BCUT2D eigenvalue weighted by molar-refractivity contribution is -0.144. The molecular formula is C9H10O2S. The maximum atomic E-state index is 10.9. The van der Waals surface area contributed by atoms with E-state index < -0.39 is 0 Å². The molecule has 0 spiro atoms. The summed E-state index contributed by atoms with van der Waals surface area (Å²) in [7, 11) is 0. The Balaban J connectivity index is 2.21. The lowest BCUT2D eigenvalue weighted by atomic mass is 9.90. The number of fused-ring (bicyclic) bond motifs is 1. The highest BCUT2D eigenvalue weighted by molar-refractivity contribution is 7.84. The molecule has 1 heterocycles. The second-order valence-electron chi connectivity index (χ2n) is 3.12. The van der Waals surface area contributed by atoms with E-state index in [4.69, 9.17) is 4.74 Å². The van der Waals surface area contributed by atoms with Crippen LogP contribution in [0, 0.1) is 5.92 Å². The number of carbonyl (C=O) groups excluding carboxylic acids is 1. The van der Waals surface area contributed by atoms with Crippen molar-refractivity contribution in [3.05, 3.63) is 23.1 Å². The Labute approximate surface area is 76.7 Å². The van der Waals surface area contributed by atoms with E-state index in [1.165, 1.54) is 6.08 Å². The van der Waals surface area contributed by atoms with Crippen LogP contribution in [0.3, 0.4) is 0 Å². The van der Waals surface area contributed by atoms with E-state index in [1.54, 1.807) is 0 Å². The molecule has 1 aliphatic carbocycles. The number of hydrogen-bond donors (Lipinski definition) is 1. The molecule has 2 aliphatic rings. The predicted octanol–water partition coefficient (Wildman–Crippen LogP) is 1.69. The van der Waals surface area contributed by atoms with Gasteiger partial charge in [0.05, 0.1) is 0 Å². The molecule has 2 atom stereocenters. The molecule has 2 nitrogen and oxygen atoms in total. The first-order chi connectivity index (χ1) is 5.75. The number of esters is 1. The van der Waals surface area contributed by atoms with Crippen LogP contribution in [0.15, 0.2) is 23.1 Å². The average Bonchev–Trinajstić information content (AvgIpc) is 2.03. The van der Waals surface area contributed by atoms with E-state index in [2.05, 4.69) is 12.6 Å². The number of rotatable bonds is 0. The van der Waals surface area contributed by atoms with Crippen LogP contribution in [-0.4, -0.2) is 12.1 Å². The second-order valence-corrected chi connectivity index (χ2v) is 3.70. The first-order valence-electron chi connectivity index (χ1n) is 4.04. The van der Waals surface area contributed by atoms with E-state index in [1.807, 2.05) is 12.2 Å². The van der Waals surface area contributed by atoms with Crippen molar-refractivity contribution in [2.75, 3.05) is 0 Å². The van der Waals surface area contributed by atoms with Gasteiger partial charge in [0.1, 0.15) is 6.10 Å². The summed E-state index contributed by atoms with van der Waals surface area (Å²) in [5, 5.41) is 0. The van der Waals surface area contributed by atoms with Gasteiger partial charge in [-0.25, -0.2) is 4.79 Å². The van der Waals surface area contributed by atoms with Crippen molar-refractivity contribution >= 4 is 18.6 Å². The molecule has 2 unspecified atom stereocenters. The standard InChI is InChI=1S/C9H10O2S/c10-9-4-2-6-1-3-7(12)5-8(6)11-9/h2,4-6,8,12H,1,3H2. The molecule has 0 aromatic carbocycles. The Morgan fingerprint density at radius 2 is 2.42 bits per heavy atom. The molecule has 1 aliphatic heterocycles. The van der Waals surface area contributed by atoms with E-state index in [0.717, 1.165) is 17.7 Å². The van der Waals surface area contributed by atoms with Crippen LogP contribution >= 0.6 is 12.6 Å². The Bertz CT molecular complexity index is 268. The predicted molar refractivity (Wildman–Crippen MR) is 48.8 cm³/mol. The molecule has 0 radical (unpaired) electrons. The molecule has 0 bridgehead atoms. The van der Waals surface area contributed by atoms with Crippen LogP contribution in [0.5, 0.6) is 0 Å². The lowest BCUT2D eigenvalue weighted by Gasteiger charge is -2.28. The largest absolute Gasteiger partial charge is 0.454 e. The number of hydrogen-bond acceptors (Lipinski definition) is 3. The minimum atomic E-state index is -0.240.